The molecule has 31 heavy (non-hydrogen) atoms. The molecule has 162 valence electrons. The second kappa shape index (κ2) is 10.2. The highest BCUT2D eigenvalue weighted by Crippen LogP contribution is 2.19. The lowest BCUT2D eigenvalue weighted by Gasteiger charge is -2.34. The zero-order valence-corrected chi connectivity index (χ0v) is 17.8. The van der Waals surface area contributed by atoms with Crippen LogP contribution in [0.3, 0.4) is 0 Å². The van der Waals surface area contributed by atoms with E-state index in [-0.39, 0.29) is 5.91 Å². The third-order valence-electron chi connectivity index (χ3n) is 5.33. The molecule has 0 unspecified atom stereocenters. The molecule has 0 spiro atoms. The minimum absolute atomic E-state index is 0.0700. The average Bonchev–Trinajstić information content (AvgIpc) is 3.32. The second-order valence-electron chi connectivity index (χ2n) is 7.54. The van der Waals surface area contributed by atoms with Crippen LogP contribution in [0, 0.1) is 0 Å². The van der Waals surface area contributed by atoms with E-state index in [0.717, 1.165) is 42.5 Å². The highest BCUT2D eigenvalue weighted by atomic mass is 16.5. The number of nitrogens with zero attached hydrogens (tertiary/aromatic N) is 2. The summed E-state index contributed by atoms with van der Waals surface area (Å²) in [6, 6.07) is 19.1. The van der Waals surface area contributed by atoms with E-state index in [4.69, 9.17) is 13.9 Å². The monoisotopic (exact) mass is 420 g/mol. The lowest BCUT2D eigenvalue weighted by atomic mass is 10.1. The van der Waals surface area contributed by atoms with Gasteiger partial charge in [-0.25, -0.2) is 0 Å². The van der Waals surface area contributed by atoms with Crippen LogP contribution < -0.4 is 9.47 Å². The molecule has 2 aromatic carbocycles. The highest BCUT2D eigenvalue weighted by Gasteiger charge is 2.22. The molecule has 6 heteroatoms. The van der Waals surface area contributed by atoms with Crippen LogP contribution in [-0.2, 0) is 13.2 Å². The summed E-state index contributed by atoms with van der Waals surface area (Å²) in [5.41, 5.74) is 1.67. The SMILES string of the molecule is CCOc1ccc(OCc2cccc(C(=O)N3CCN(Cc4ccco4)CC3)c2)cc1. The Morgan fingerprint density at radius 3 is 2.35 bits per heavy atom. The van der Waals surface area contributed by atoms with Crippen LogP contribution in [0.4, 0.5) is 0 Å². The zero-order chi connectivity index (χ0) is 21.5. The molecule has 0 radical (unpaired) electrons. The summed E-state index contributed by atoms with van der Waals surface area (Å²) in [6.45, 7) is 6.90. The van der Waals surface area contributed by atoms with Crippen LogP contribution in [0.25, 0.3) is 0 Å². The third-order valence-corrected chi connectivity index (χ3v) is 5.33. The Labute approximate surface area is 183 Å². The molecule has 0 aliphatic carbocycles. The Kier molecular flexibility index (Phi) is 6.89. The van der Waals surface area contributed by atoms with E-state index < -0.39 is 0 Å². The summed E-state index contributed by atoms with van der Waals surface area (Å²) in [5.74, 6) is 2.63. The van der Waals surface area contributed by atoms with Gasteiger partial charge < -0.3 is 18.8 Å². The van der Waals surface area contributed by atoms with Gasteiger partial charge in [0.1, 0.15) is 23.9 Å². The number of furan rings is 1. The number of carbonyl (C=O) groups is 1. The Bertz CT molecular complexity index is 961. The van der Waals surface area contributed by atoms with Crippen LogP contribution in [0.5, 0.6) is 11.5 Å². The van der Waals surface area contributed by atoms with E-state index in [2.05, 4.69) is 4.90 Å². The fourth-order valence-electron chi connectivity index (χ4n) is 3.67. The molecule has 1 aromatic heterocycles. The summed E-state index contributed by atoms with van der Waals surface area (Å²) in [4.78, 5) is 17.2. The molecular weight excluding hydrogens is 392 g/mol. The van der Waals surface area contributed by atoms with Gasteiger partial charge in [0.2, 0.25) is 0 Å². The van der Waals surface area contributed by atoms with E-state index in [9.17, 15) is 4.79 Å². The molecule has 1 aliphatic rings. The van der Waals surface area contributed by atoms with Crippen molar-refractivity contribution in [3.8, 4) is 11.5 Å². The normalized spacial score (nSPS) is 14.4. The molecule has 0 bridgehead atoms. The van der Waals surface area contributed by atoms with E-state index in [1.54, 1.807) is 6.26 Å². The number of hydrogen-bond donors (Lipinski definition) is 0. The van der Waals surface area contributed by atoms with Crippen molar-refractivity contribution in [1.29, 1.82) is 0 Å². The van der Waals surface area contributed by atoms with Crippen molar-refractivity contribution in [2.75, 3.05) is 32.8 Å². The number of benzene rings is 2. The number of carbonyl (C=O) groups excluding carboxylic acids is 1. The molecule has 0 N–H and O–H groups in total. The van der Waals surface area contributed by atoms with Crippen LogP contribution in [-0.4, -0.2) is 48.5 Å². The van der Waals surface area contributed by atoms with E-state index >= 15 is 0 Å². The smallest absolute Gasteiger partial charge is 0.253 e. The van der Waals surface area contributed by atoms with Crippen LogP contribution >= 0.6 is 0 Å². The maximum Gasteiger partial charge on any atom is 0.253 e. The van der Waals surface area contributed by atoms with Gasteiger partial charge in [0.05, 0.1) is 19.4 Å². The number of rotatable bonds is 8. The molecule has 1 saturated heterocycles. The standard InChI is InChI=1S/C25H28N2O4/c1-2-29-22-8-10-23(11-9-22)31-19-20-5-3-6-21(17-20)25(28)27-14-12-26(13-15-27)18-24-7-4-16-30-24/h3-11,16-17H,2,12-15,18-19H2,1H3. The maximum atomic E-state index is 13.0. The first-order valence-corrected chi connectivity index (χ1v) is 10.7. The Morgan fingerprint density at radius 1 is 0.935 bits per heavy atom. The lowest BCUT2D eigenvalue weighted by molar-refractivity contribution is 0.0620. The molecule has 0 saturated carbocycles. The molecule has 6 nitrogen and oxygen atoms in total. The summed E-state index contributed by atoms with van der Waals surface area (Å²) < 4.78 is 16.7. The number of ether oxygens (including phenoxy) is 2. The van der Waals surface area contributed by atoms with Gasteiger partial charge >= 0.3 is 0 Å². The summed E-state index contributed by atoms with van der Waals surface area (Å²) in [7, 11) is 0. The molecule has 0 atom stereocenters. The first-order chi connectivity index (χ1) is 15.2. The Hall–Kier alpha value is -3.25. The first-order valence-electron chi connectivity index (χ1n) is 10.7. The van der Waals surface area contributed by atoms with Gasteiger partial charge in [-0.2, -0.15) is 0 Å². The topological polar surface area (TPSA) is 55.2 Å². The minimum Gasteiger partial charge on any atom is -0.494 e. The molecule has 2 heterocycles. The zero-order valence-electron chi connectivity index (χ0n) is 17.8. The van der Waals surface area contributed by atoms with E-state index in [1.807, 2.05) is 72.5 Å². The van der Waals surface area contributed by atoms with E-state index in [1.165, 1.54) is 0 Å². The van der Waals surface area contributed by atoms with Crippen molar-refractivity contribution in [3.63, 3.8) is 0 Å². The third kappa shape index (κ3) is 5.67. The van der Waals surface area contributed by atoms with Crippen LogP contribution in [0.2, 0.25) is 0 Å². The van der Waals surface area contributed by atoms with E-state index in [0.29, 0.717) is 31.9 Å². The number of piperazine rings is 1. The predicted molar refractivity (Wildman–Crippen MR) is 118 cm³/mol. The van der Waals surface area contributed by atoms with Gasteiger partial charge in [-0.15, -0.1) is 0 Å². The summed E-state index contributed by atoms with van der Waals surface area (Å²) in [6.07, 6.45) is 1.70. The minimum atomic E-state index is 0.0700. The van der Waals surface area contributed by atoms with Gasteiger partial charge in [0, 0.05) is 31.7 Å². The number of amides is 1. The van der Waals surface area contributed by atoms with Gasteiger partial charge in [0.15, 0.2) is 0 Å². The second-order valence-corrected chi connectivity index (χ2v) is 7.54. The van der Waals surface area contributed by atoms with Crippen molar-refractivity contribution >= 4 is 5.91 Å². The molecule has 1 fully saturated rings. The van der Waals surface area contributed by atoms with Crippen molar-refractivity contribution in [1.82, 2.24) is 9.80 Å². The number of hydrogen-bond acceptors (Lipinski definition) is 5. The molecule has 1 amide bonds. The Balaban J connectivity index is 1.30. The van der Waals surface area contributed by atoms with Gasteiger partial charge in [-0.1, -0.05) is 12.1 Å². The van der Waals surface area contributed by atoms with Crippen molar-refractivity contribution in [3.05, 3.63) is 83.8 Å². The molecule has 4 rings (SSSR count). The highest BCUT2D eigenvalue weighted by molar-refractivity contribution is 5.94. The van der Waals surface area contributed by atoms with Crippen molar-refractivity contribution < 1.29 is 18.7 Å². The predicted octanol–water partition coefficient (Wildman–Crippen LogP) is 4.22. The van der Waals surface area contributed by atoms with Crippen molar-refractivity contribution in [2.45, 2.75) is 20.1 Å². The van der Waals surface area contributed by atoms with Gasteiger partial charge in [0.25, 0.3) is 5.91 Å². The summed E-state index contributed by atoms with van der Waals surface area (Å²) >= 11 is 0. The molecular formula is C25H28N2O4. The molecule has 3 aromatic rings. The first kappa shape index (κ1) is 21.0. The van der Waals surface area contributed by atoms with Crippen LogP contribution in [0.1, 0.15) is 28.6 Å². The van der Waals surface area contributed by atoms with Gasteiger partial charge in [-0.05, 0) is 61.0 Å². The van der Waals surface area contributed by atoms with Crippen molar-refractivity contribution in [2.24, 2.45) is 0 Å². The van der Waals surface area contributed by atoms with Crippen LogP contribution in [0.15, 0.2) is 71.3 Å². The Morgan fingerprint density at radius 2 is 1.68 bits per heavy atom. The fraction of sp³-hybridized carbons (Fsp3) is 0.320. The largest absolute Gasteiger partial charge is 0.494 e. The fourth-order valence-corrected chi connectivity index (χ4v) is 3.67. The summed E-state index contributed by atoms with van der Waals surface area (Å²) in [5, 5.41) is 0. The quantitative estimate of drug-likeness (QED) is 0.546. The maximum absolute atomic E-state index is 13.0. The average molecular weight is 421 g/mol. The van der Waals surface area contributed by atoms with Gasteiger partial charge in [-0.3, -0.25) is 9.69 Å². The molecule has 1 aliphatic heterocycles. The lowest BCUT2D eigenvalue weighted by Crippen LogP contribution is -2.48.